The third kappa shape index (κ3) is 3.78. The lowest BCUT2D eigenvalue weighted by Gasteiger charge is -2.33. The molecule has 2 aromatic rings. The van der Waals surface area contributed by atoms with E-state index in [0.717, 1.165) is 68.4 Å². The molecular weight excluding hydrogens is 356 g/mol. The van der Waals surface area contributed by atoms with Gasteiger partial charge in [0.25, 0.3) is 0 Å². The van der Waals surface area contributed by atoms with E-state index >= 15 is 0 Å². The Balaban J connectivity index is 1.48. The molecule has 2 fully saturated rings. The van der Waals surface area contributed by atoms with Crippen molar-refractivity contribution in [3.63, 3.8) is 0 Å². The number of hydrogen-bond acceptors (Lipinski definition) is 5. The second-order valence-electron chi connectivity index (χ2n) is 8.00. The fraction of sp³-hybridized carbons (Fsp3) is 0.545. The lowest BCUT2D eigenvalue weighted by molar-refractivity contribution is -0.136. The summed E-state index contributed by atoms with van der Waals surface area (Å²) in [5, 5.41) is 11.0. The highest BCUT2D eigenvalue weighted by Gasteiger charge is 2.30. The van der Waals surface area contributed by atoms with Crippen molar-refractivity contribution in [1.29, 1.82) is 0 Å². The predicted octanol–water partition coefficient (Wildman–Crippen LogP) is 2.90. The van der Waals surface area contributed by atoms with Gasteiger partial charge >= 0.3 is 5.63 Å². The largest absolute Gasteiger partial charge is 0.508 e. The van der Waals surface area contributed by atoms with Crippen molar-refractivity contribution in [3.05, 3.63) is 39.7 Å². The Morgan fingerprint density at radius 1 is 1.11 bits per heavy atom. The first kappa shape index (κ1) is 19.0. The van der Waals surface area contributed by atoms with Crippen LogP contribution in [0.2, 0.25) is 0 Å². The molecule has 4 rings (SSSR count). The fourth-order valence-corrected chi connectivity index (χ4v) is 4.50. The number of fused-ring (bicyclic) bond motifs is 1. The summed E-state index contributed by atoms with van der Waals surface area (Å²) in [5.74, 6) is 0.623. The van der Waals surface area contributed by atoms with Crippen molar-refractivity contribution >= 4 is 16.9 Å². The zero-order valence-corrected chi connectivity index (χ0v) is 16.4. The molecule has 0 atom stereocenters. The number of nitrogens with zero attached hydrogens (tertiary/aromatic N) is 2. The van der Waals surface area contributed by atoms with Crippen LogP contribution < -0.4 is 5.63 Å². The third-order valence-electron chi connectivity index (χ3n) is 6.16. The average molecular weight is 384 g/mol. The van der Waals surface area contributed by atoms with E-state index in [1.807, 2.05) is 17.9 Å². The molecule has 0 aliphatic carbocycles. The molecule has 1 aromatic heterocycles. The van der Waals surface area contributed by atoms with Crippen molar-refractivity contribution in [1.82, 2.24) is 9.80 Å². The van der Waals surface area contributed by atoms with Crippen LogP contribution in [0, 0.1) is 5.92 Å². The Kier molecular flexibility index (Phi) is 5.40. The van der Waals surface area contributed by atoms with Gasteiger partial charge in [-0.25, -0.2) is 4.79 Å². The van der Waals surface area contributed by atoms with Crippen molar-refractivity contribution in [2.24, 2.45) is 5.92 Å². The minimum Gasteiger partial charge on any atom is -0.508 e. The summed E-state index contributed by atoms with van der Waals surface area (Å²) in [4.78, 5) is 28.9. The Morgan fingerprint density at radius 3 is 2.50 bits per heavy atom. The van der Waals surface area contributed by atoms with Gasteiger partial charge in [-0.3, -0.25) is 9.69 Å². The smallest absolute Gasteiger partial charge is 0.336 e. The Hall–Kier alpha value is -2.34. The van der Waals surface area contributed by atoms with Crippen LogP contribution in [0.1, 0.15) is 43.7 Å². The van der Waals surface area contributed by atoms with E-state index in [0.29, 0.717) is 24.5 Å². The number of carbonyl (C=O) groups is 1. The fourth-order valence-electron chi connectivity index (χ4n) is 4.50. The molecule has 28 heavy (non-hydrogen) atoms. The van der Waals surface area contributed by atoms with Crippen LogP contribution in [0.3, 0.4) is 0 Å². The maximum absolute atomic E-state index is 12.6. The molecule has 6 nitrogen and oxygen atoms in total. The molecule has 1 N–H and O–H groups in total. The van der Waals surface area contributed by atoms with E-state index in [4.69, 9.17) is 4.42 Å². The summed E-state index contributed by atoms with van der Waals surface area (Å²) in [7, 11) is 0. The van der Waals surface area contributed by atoms with E-state index in [9.17, 15) is 14.7 Å². The molecule has 0 saturated carbocycles. The van der Waals surface area contributed by atoms with Gasteiger partial charge in [0, 0.05) is 43.1 Å². The minimum absolute atomic E-state index is 0.135. The number of carbonyl (C=O) groups excluding carboxylic acids is 1. The molecule has 2 aliphatic rings. The molecule has 1 amide bonds. The standard InChI is InChI=1S/C22H28N2O4/c1-2-15-11-18-17(12-21(26)28-20(18)13-19(15)25)14-23-9-5-16(6-10-23)22(27)24-7-3-4-8-24/h11-13,16,25H,2-10,14H2,1H3. The van der Waals surface area contributed by atoms with Crippen LogP contribution in [0.25, 0.3) is 11.0 Å². The normalized spacial score (nSPS) is 18.8. The Labute approximate surface area is 164 Å². The van der Waals surface area contributed by atoms with E-state index in [-0.39, 0.29) is 11.7 Å². The van der Waals surface area contributed by atoms with Gasteiger partial charge in [-0.05, 0) is 62.4 Å². The number of phenols is 1. The van der Waals surface area contributed by atoms with Gasteiger partial charge in [0.2, 0.25) is 5.91 Å². The van der Waals surface area contributed by atoms with Crippen LogP contribution >= 0.6 is 0 Å². The molecule has 6 heteroatoms. The first-order valence-corrected chi connectivity index (χ1v) is 10.3. The number of likely N-dealkylation sites (tertiary alicyclic amines) is 2. The lowest BCUT2D eigenvalue weighted by atomic mass is 9.94. The highest BCUT2D eigenvalue weighted by Crippen LogP contribution is 2.29. The van der Waals surface area contributed by atoms with Gasteiger partial charge in [0.1, 0.15) is 11.3 Å². The van der Waals surface area contributed by atoms with Crippen molar-refractivity contribution in [3.8, 4) is 5.75 Å². The zero-order chi connectivity index (χ0) is 19.7. The number of piperidine rings is 1. The molecule has 2 saturated heterocycles. The number of amides is 1. The SMILES string of the molecule is CCc1cc2c(CN3CCC(C(=O)N4CCCC4)CC3)cc(=O)oc2cc1O. The van der Waals surface area contributed by atoms with Gasteiger partial charge < -0.3 is 14.4 Å². The molecule has 1 aromatic carbocycles. The second-order valence-corrected chi connectivity index (χ2v) is 8.00. The monoisotopic (exact) mass is 384 g/mol. The quantitative estimate of drug-likeness (QED) is 0.821. The number of benzene rings is 1. The third-order valence-corrected chi connectivity index (χ3v) is 6.16. The maximum atomic E-state index is 12.6. The van der Waals surface area contributed by atoms with Crippen LogP contribution in [0.5, 0.6) is 5.75 Å². The van der Waals surface area contributed by atoms with Crippen LogP contribution in [-0.2, 0) is 17.8 Å². The number of rotatable bonds is 4. The molecule has 150 valence electrons. The second kappa shape index (κ2) is 7.95. The summed E-state index contributed by atoms with van der Waals surface area (Å²) in [6.07, 6.45) is 4.71. The van der Waals surface area contributed by atoms with Gasteiger partial charge in [-0.2, -0.15) is 0 Å². The van der Waals surface area contributed by atoms with Gasteiger partial charge in [0.05, 0.1) is 0 Å². The zero-order valence-electron chi connectivity index (χ0n) is 16.4. The molecule has 2 aliphatic heterocycles. The maximum Gasteiger partial charge on any atom is 0.336 e. The molecule has 0 radical (unpaired) electrons. The molecule has 0 bridgehead atoms. The molecule has 3 heterocycles. The summed E-state index contributed by atoms with van der Waals surface area (Å²) in [5.41, 5.74) is 1.80. The van der Waals surface area contributed by atoms with Crippen molar-refractivity contribution < 1.29 is 14.3 Å². The van der Waals surface area contributed by atoms with Gasteiger partial charge in [-0.1, -0.05) is 6.92 Å². The van der Waals surface area contributed by atoms with Crippen LogP contribution in [0.4, 0.5) is 0 Å². The molecule has 0 spiro atoms. The number of aryl methyl sites for hydroxylation is 1. The number of aromatic hydroxyl groups is 1. The highest BCUT2D eigenvalue weighted by molar-refractivity contribution is 5.83. The summed E-state index contributed by atoms with van der Waals surface area (Å²) >= 11 is 0. The average Bonchev–Trinajstić information content (AvgIpc) is 3.22. The van der Waals surface area contributed by atoms with Crippen LogP contribution in [0.15, 0.2) is 27.4 Å². The first-order valence-electron chi connectivity index (χ1n) is 10.3. The summed E-state index contributed by atoms with van der Waals surface area (Å²) in [6, 6.07) is 5.02. The van der Waals surface area contributed by atoms with Crippen LogP contribution in [-0.4, -0.2) is 47.0 Å². The minimum atomic E-state index is -0.398. The highest BCUT2D eigenvalue weighted by atomic mass is 16.4. The van der Waals surface area contributed by atoms with Gasteiger partial charge in [0.15, 0.2) is 0 Å². The van der Waals surface area contributed by atoms with E-state index in [1.165, 1.54) is 0 Å². The first-order chi connectivity index (χ1) is 13.5. The van der Waals surface area contributed by atoms with Gasteiger partial charge in [-0.15, -0.1) is 0 Å². The summed E-state index contributed by atoms with van der Waals surface area (Å²) in [6.45, 7) is 6.17. The van der Waals surface area contributed by atoms with Crippen molar-refractivity contribution in [2.75, 3.05) is 26.2 Å². The van der Waals surface area contributed by atoms with Crippen molar-refractivity contribution in [2.45, 2.75) is 45.6 Å². The predicted molar refractivity (Wildman–Crippen MR) is 107 cm³/mol. The molecular formula is C22H28N2O4. The topological polar surface area (TPSA) is 74.0 Å². The Bertz CT molecular complexity index is 922. The molecule has 0 unspecified atom stereocenters. The van der Waals surface area contributed by atoms with E-state index in [2.05, 4.69) is 4.90 Å². The summed E-state index contributed by atoms with van der Waals surface area (Å²) < 4.78 is 5.29. The Morgan fingerprint density at radius 2 is 1.82 bits per heavy atom. The number of hydrogen-bond donors (Lipinski definition) is 1. The van der Waals surface area contributed by atoms with E-state index in [1.54, 1.807) is 12.1 Å². The number of phenolic OH excluding ortho intramolecular Hbond substituents is 1. The lowest BCUT2D eigenvalue weighted by Crippen LogP contribution is -2.41. The van der Waals surface area contributed by atoms with E-state index < -0.39 is 5.63 Å².